The molecule has 1 N–H and O–H groups in total. The van der Waals surface area contributed by atoms with E-state index in [1.54, 1.807) is 4.68 Å². The monoisotopic (exact) mass is 321 g/mol. The van der Waals surface area contributed by atoms with E-state index >= 15 is 0 Å². The fraction of sp³-hybridized carbons (Fsp3) is 0.222. The molecule has 0 saturated heterocycles. The van der Waals surface area contributed by atoms with Gasteiger partial charge < -0.3 is 5.32 Å². The largest absolute Gasteiger partial charge is 0.356 e. The summed E-state index contributed by atoms with van der Waals surface area (Å²) in [5, 5.41) is 14.0. The van der Waals surface area contributed by atoms with Crippen LogP contribution in [-0.4, -0.2) is 32.7 Å². The highest BCUT2D eigenvalue weighted by atomic mass is 16.1. The molecule has 2 aromatic carbocycles. The van der Waals surface area contributed by atoms with E-state index in [-0.39, 0.29) is 5.91 Å². The van der Waals surface area contributed by atoms with Gasteiger partial charge in [-0.05, 0) is 46.5 Å². The Morgan fingerprint density at radius 2 is 1.79 bits per heavy atom. The van der Waals surface area contributed by atoms with Crippen LogP contribution in [-0.2, 0) is 17.6 Å². The van der Waals surface area contributed by atoms with Crippen LogP contribution in [0.4, 0.5) is 0 Å². The summed E-state index contributed by atoms with van der Waals surface area (Å²) in [5.41, 5.74) is 3.13. The molecule has 1 heterocycles. The molecule has 0 radical (unpaired) electrons. The SMILES string of the molecule is O=C(Cc1ccc(-n2cnnn2)cc1)NCCCc1ccccc1. The summed E-state index contributed by atoms with van der Waals surface area (Å²) < 4.78 is 1.58. The molecule has 0 atom stereocenters. The molecule has 3 aromatic rings. The van der Waals surface area contributed by atoms with E-state index < -0.39 is 0 Å². The molecule has 6 heteroatoms. The van der Waals surface area contributed by atoms with Crippen LogP contribution >= 0.6 is 0 Å². The lowest BCUT2D eigenvalue weighted by molar-refractivity contribution is -0.120. The van der Waals surface area contributed by atoms with E-state index in [2.05, 4.69) is 33.0 Å². The lowest BCUT2D eigenvalue weighted by atomic mass is 10.1. The maximum atomic E-state index is 12.0. The number of rotatable bonds is 7. The fourth-order valence-electron chi connectivity index (χ4n) is 2.46. The number of benzene rings is 2. The highest BCUT2D eigenvalue weighted by Crippen LogP contribution is 2.08. The maximum Gasteiger partial charge on any atom is 0.224 e. The average Bonchev–Trinajstić information content (AvgIpc) is 3.15. The Morgan fingerprint density at radius 1 is 1.00 bits per heavy atom. The number of carbonyl (C=O) groups excluding carboxylic acids is 1. The highest BCUT2D eigenvalue weighted by Gasteiger charge is 2.04. The zero-order valence-corrected chi connectivity index (χ0v) is 13.3. The minimum atomic E-state index is 0.0400. The topological polar surface area (TPSA) is 72.7 Å². The van der Waals surface area contributed by atoms with Gasteiger partial charge in [0.05, 0.1) is 12.1 Å². The van der Waals surface area contributed by atoms with Crippen LogP contribution in [0.3, 0.4) is 0 Å². The van der Waals surface area contributed by atoms with Crippen LogP contribution in [0.5, 0.6) is 0 Å². The second-order valence-electron chi connectivity index (χ2n) is 5.54. The number of aromatic nitrogens is 4. The van der Waals surface area contributed by atoms with Gasteiger partial charge in [0.25, 0.3) is 0 Å². The number of tetrazole rings is 1. The van der Waals surface area contributed by atoms with Gasteiger partial charge in [0, 0.05) is 6.54 Å². The molecule has 0 bridgehead atoms. The molecule has 0 aliphatic heterocycles. The number of amides is 1. The fourth-order valence-corrected chi connectivity index (χ4v) is 2.46. The van der Waals surface area contributed by atoms with Crippen LogP contribution in [0.2, 0.25) is 0 Å². The van der Waals surface area contributed by atoms with Crippen molar-refractivity contribution < 1.29 is 4.79 Å². The Bertz CT molecular complexity index is 754. The number of hydrogen-bond donors (Lipinski definition) is 1. The van der Waals surface area contributed by atoms with Crippen molar-refractivity contribution in [1.29, 1.82) is 0 Å². The summed E-state index contributed by atoms with van der Waals surface area (Å²) in [5.74, 6) is 0.0400. The third kappa shape index (κ3) is 4.49. The predicted octanol–water partition coefficient (Wildman–Crippen LogP) is 1.95. The van der Waals surface area contributed by atoms with E-state index in [4.69, 9.17) is 0 Å². The molecule has 0 aliphatic rings. The summed E-state index contributed by atoms with van der Waals surface area (Å²) in [6, 6.07) is 17.9. The van der Waals surface area contributed by atoms with Gasteiger partial charge in [0.1, 0.15) is 6.33 Å². The average molecular weight is 321 g/mol. The molecule has 1 amide bonds. The third-order valence-electron chi connectivity index (χ3n) is 3.72. The van der Waals surface area contributed by atoms with Gasteiger partial charge in [-0.3, -0.25) is 4.79 Å². The lowest BCUT2D eigenvalue weighted by Gasteiger charge is -2.06. The smallest absolute Gasteiger partial charge is 0.224 e. The molecule has 0 fully saturated rings. The number of nitrogens with one attached hydrogen (secondary N) is 1. The van der Waals surface area contributed by atoms with E-state index in [9.17, 15) is 4.79 Å². The van der Waals surface area contributed by atoms with Gasteiger partial charge in [-0.15, -0.1) is 5.10 Å². The molecule has 24 heavy (non-hydrogen) atoms. The zero-order chi connectivity index (χ0) is 16.6. The molecule has 6 nitrogen and oxygen atoms in total. The molecule has 0 unspecified atom stereocenters. The van der Waals surface area contributed by atoms with Crippen LogP contribution in [0.15, 0.2) is 60.9 Å². The quantitative estimate of drug-likeness (QED) is 0.675. The first-order chi connectivity index (χ1) is 11.8. The Hall–Kier alpha value is -3.02. The summed E-state index contributed by atoms with van der Waals surface area (Å²) in [6.07, 6.45) is 3.82. The van der Waals surface area contributed by atoms with Crippen molar-refractivity contribution >= 4 is 5.91 Å². The van der Waals surface area contributed by atoms with Crippen molar-refractivity contribution in [3.05, 3.63) is 72.1 Å². The minimum Gasteiger partial charge on any atom is -0.356 e. The molecular formula is C18H19N5O. The van der Waals surface area contributed by atoms with Gasteiger partial charge in [0.15, 0.2) is 0 Å². The maximum absolute atomic E-state index is 12.0. The van der Waals surface area contributed by atoms with Crippen LogP contribution < -0.4 is 5.32 Å². The van der Waals surface area contributed by atoms with Gasteiger partial charge in [-0.2, -0.15) is 0 Å². The standard InChI is InChI=1S/C18H19N5O/c24-18(19-12-4-7-15-5-2-1-3-6-15)13-16-8-10-17(11-9-16)23-14-20-21-22-23/h1-3,5-6,8-11,14H,4,7,12-13H2,(H,19,24). The molecule has 1 aromatic heterocycles. The summed E-state index contributed by atoms with van der Waals surface area (Å²) in [7, 11) is 0. The summed E-state index contributed by atoms with van der Waals surface area (Å²) >= 11 is 0. The lowest BCUT2D eigenvalue weighted by Crippen LogP contribution is -2.26. The Kier molecular flexibility index (Phi) is 5.29. The second kappa shape index (κ2) is 8.01. The zero-order valence-electron chi connectivity index (χ0n) is 13.3. The van der Waals surface area contributed by atoms with Gasteiger partial charge in [0.2, 0.25) is 5.91 Å². The van der Waals surface area contributed by atoms with Crippen molar-refractivity contribution in [3.8, 4) is 5.69 Å². The second-order valence-corrected chi connectivity index (χ2v) is 5.54. The first kappa shape index (κ1) is 15.9. The molecule has 122 valence electrons. The van der Waals surface area contributed by atoms with E-state index in [1.165, 1.54) is 11.9 Å². The number of carbonyl (C=O) groups is 1. The molecule has 0 aliphatic carbocycles. The van der Waals surface area contributed by atoms with Gasteiger partial charge in [-0.1, -0.05) is 42.5 Å². The summed E-state index contributed by atoms with van der Waals surface area (Å²) in [4.78, 5) is 12.0. The first-order valence-electron chi connectivity index (χ1n) is 7.94. The first-order valence-corrected chi connectivity index (χ1v) is 7.94. The van der Waals surface area contributed by atoms with E-state index in [0.29, 0.717) is 13.0 Å². The van der Waals surface area contributed by atoms with Crippen LogP contribution in [0.25, 0.3) is 5.69 Å². The van der Waals surface area contributed by atoms with Crippen molar-refractivity contribution in [3.63, 3.8) is 0 Å². The van der Waals surface area contributed by atoms with Crippen molar-refractivity contribution in [2.75, 3.05) is 6.54 Å². The highest BCUT2D eigenvalue weighted by molar-refractivity contribution is 5.78. The minimum absolute atomic E-state index is 0.0400. The molecule has 0 spiro atoms. The van der Waals surface area contributed by atoms with Gasteiger partial charge >= 0.3 is 0 Å². The van der Waals surface area contributed by atoms with Crippen LogP contribution in [0.1, 0.15) is 17.5 Å². The Balaban J connectivity index is 1.42. The van der Waals surface area contributed by atoms with Crippen molar-refractivity contribution in [2.24, 2.45) is 0 Å². The predicted molar refractivity (Wildman–Crippen MR) is 90.6 cm³/mol. The summed E-state index contributed by atoms with van der Waals surface area (Å²) in [6.45, 7) is 0.691. The van der Waals surface area contributed by atoms with Crippen molar-refractivity contribution in [1.82, 2.24) is 25.5 Å². The van der Waals surface area contributed by atoms with Crippen LogP contribution in [0, 0.1) is 0 Å². The molecular weight excluding hydrogens is 302 g/mol. The Morgan fingerprint density at radius 3 is 2.50 bits per heavy atom. The Labute approximate surface area is 140 Å². The number of aryl methyl sites for hydroxylation is 1. The number of nitrogens with zero attached hydrogens (tertiary/aromatic N) is 4. The van der Waals surface area contributed by atoms with E-state index in [0.717, 1.165) is 24.1 Å². The normalized spacial score (nSPS) is 10.5. The van der Waals surface area contributed by atoms with Gasteiger partial charge in [-0.25, -0.2) is 4.68 Å². The molecule has 0 saturated carbocycles. The van der Waals surface area contributed by atoms with Crippen molar-refractivity contribution in [2.45, 2.75) is 19.3 Å². The third-order valence-corrected chi connectivity index (χ3v) is 3.72. The number of hydrogen-bond acceptors (Lipinski definition) is 4. The molecule has 3 rings (SSSR count). The van der Waals surface area contributed by atoms with E-state index in [1.807, 2.05) is 42.5 Å².